The molecule has 0 radical (unpaired) electrons. The predicted molar refractivity (Wildman–Crippen MR) is 97.8 cm³/mol. The van der Waals surface area contributed by atoms with Gasteiger partial charge in [-0.3, -0.25) is 4.79 Å². The number of benzene rings is 2. The van der Waals surface area contributed by atoms with Gasteiger partial charge in [0.15, 0.2) is 11.5 Å². The lowest BCUT2D eigenvalue weighted by Gasteiger charge is -2.09. The number of hydrogen-bond donors (Lipinski definition) is 2. The number of methoxy groups -OCH3 is 1. The third-order valence-corrected chi connectivity index (χ3v) is 3.78. The molecule has 0 aliphatic heterocycles. The zero-order chi connectivity index (χ0) is 17.5. The first-order valence-electron chi connectivity index (χ1n) is 7.15. The molecule has 2 rings (SSSR count). The molecule has 0 aliphatic carbocycles. The Morgan fingerprint density at radius 2 is 2.08 bits per heavy atom. The average Bonchev–Trinajstić information content (AvgIpc) is 2.58. The molecule has 0 heterocycles. The highest BCUT2D eigenvalue weighted by Gasteiger charge is 2.09. The van der Waals surface area contributed by atoms with Crippen LogP contribution in [0.25, 0.3) is 0 Å². The summed E-state index contributed by atoms with van der Waals surface area (Å²) in [5.74, 6) is 0.110. The van der Waals surface area contributed by atoms with Crippen LogP contribution < -0.4 is 10.2 Å². The number of carbonyl (C=O) groups excluding carboxylic acids is 1. The van der Waals surface area contributed by atoms with E-state index in [0.29, 0.717) is 28.9 Å². The summed E-state index contributed by atoms with van der Waals surface area (Å²) in [5, 5.41) is 14.0. The molecule has 24 heavy (non-hydrogen) atoms. The number of phenols is 1. The number of hydrazone groups is 1. The van der Waals surface area contributed by atoms with Crippen molar-refractivity contribution in [2.24, 2.45) is 5.10 Å². The molecule has 0 atom stereocenters. The highest BCUT2D eigenvalue weighted by molar-refractivity contribution is 9.10. The third-order valence-electron chi connectivity index (χ3n) is 3.25. The van der Waals surface area contributed by atoms with E-state index >= 15 is 0 Å². The molecule has 0 fully saturated rings. The second-order valence-electron chi connectivity index (χ2n) is 4.93. The second kappa shape index (κ2) is 8.31. The Hall–Kier alpha value is -2.60. The Labute approximate surface area is 148 Å². The number of aromatic hydroxyl groups is 1. The number of rotatable bonds is 6. The van der Waals surface area contributed by atoms with Crippen molar-refractivity contribution in [1.82, 2.24) is 5.43 Å². The van der Waals surface area contributed by atoms with Gasteiger partial charge in [-0.15, -0.1) is 6.58 Å². The number of nitrogens with zero attached hydrogens (tertiary/aromatic N) is 1. The number of carbonyl (C=O) groups is 1. The lowest BCUT2D eigenvalue weighted by atomic mass is 10.1. The molecule has 2 aromatic carbocycles. The maximum absolute atomic E-state index is 12.0. The van der Waals surface area contributed by atoms with E-state index in [2.05, 4.69) is 33.0 Å². The summed E-state index contributed by atoms with van der Waals surface area (Å²) in [5.41, 5.74) is 4.33. The van der Waals surface area contributed by atoms with Crippen LogP contribution in [0.3, 0.4) is 0 Å². The number of allylic oxidation sites excluding steroid dienone is 1. The molecule has 1 amide bonds. The van der Waals surface area contributed by atoms with Crippen LogP contribution in [-0.4, -0.2) is 24.3 Å². The smallest absolute Gasteiger partial charge is 0.271 e. The van der Waals surface area contributed by atoms with Gasteiger partial charge >= 0.3 is 0 Å². The lowest BCUT2D eigenvalue weighted by Crippen LogP contribution is -2.17. The molecule has 2 N–H and O–H groups in total. The standard InChI is InChI=1S/C18H17BrN2O3/c1-3-4-14-9-12(10-16(24-2)17(14)22)11-20-21-18(23)13-5-7-15(19)8-6-13/h3,5-11,22H,1,4H2,2H3,(H,21,23)/b20-11+. The van der Waals surface area contributed by atoms with Crippen LogP contribution in [0.5, 0.6) is 11.5 Å². The SMILES string of the molecule is C=CCc1cc(/C=N/NC(=O)c2ccc(Br)cc2)cc(OC)c1O. The molecule has 0 unspecified atom stereocenters. The fourth-order valence-corrected chi connectivity index (χ4v) is 2.33. The minimum Gasteiger partial charge on any atom is -0.504 e. The van der Waals surface area contributed by atoms with E-state index < -0.39 is 0 Å². The molecular formula is C18H17BrN2O3. The van der Waals surface area contributed by atoms with Gasteiger partial charge in [0.25, 0.3) is 5.91 Å². The Balaban J connectivity index is 2.13. The van der Waals surface area contributed by atoms with Gasteiger partial charge in [-0.25, -0.2) is 5.43 Å². The molecule has 2 aromatic rings. The van der Waals surface area contributed by atoms with Crippen LogP contribution >= 0.6 is 15.9 Å². The molecule has 0 aromatic heterocycles. The van der Waals surface area contributed by atoms with Gasteiger partial charge in [0.2, 0.25) is 0 Å². The number of ether oxygens (including phenoxy) is 1. The summed E-state index contributed by atoms with van der Waals surface area (Å²) in [6.07, 6.45) is 3.67. The molecular weight excluding hydrogens is 372 g/mol. The summed E-state index contributed by atoms with van der Waals surface area (Å²) in [6, 6.07) is 10.4. The Morgan fingerprint density at radius 3 is 2.71 bits per heavy atom. The monoisotopic (exact) mass is 388 g/mol. The summed E-state index contributed by atoms with van der Waals surface area (Å²) in [4.78, 5) is 12.0. The van der Waals surface area contributed by atoms with Crippen molar-refractivity contribution in [3.05, 3.63) is 70.2 Å². The van der Waals surface area contributed by atoms with Crippen molar-refractivity contribution in [2.45, 2.75) is 6.42 Å². The molecule has 0 spiro atoms. The number of hydrogen-bond acceptors (Lipinski definition) is 4. The molecule has 0 saturated carbocycles. The van der Waals surface area contributed by atoms with E-state index in [1.807, 2.05) is 0 Å². The molecule has 0 saturated heterocycles. The number of nitrogens with one attached hydrogen (secondary N) is 1. The Bertz CT molecular complexity index is 771. The number of halogens is 1. The van der Waals surface area contributed by atoms with Crippen molar-refractivity contribution < 1.29 is 14.6 Å². The normalized spacial score (nSPS) is 10.6. The van der Waals surface area contributed by atoms with Gasteiger partial charge in [0.1, 0.15) is 0 Å². The van der Waals surface area contributed by atoms with Crippen molar-refractivity contribution in [2.75, 3.05) is 7.11 Å². The first-order chi connectivity index (χ1) is 11.5. The Kier molecular flexibility index (Phi) is 6.14. The van der Waals surface area contributed by atoms with Gasteiger partial charge in [0.05, 0.1) is 13.3 Å². The molecule has 0 bridgehead atoms. The van der Waals surface area contributed by atoms with Crippen LogP contribution in [0, 0.1) is 0 Å². The molecule has 124 valence electrons. The van der Waals surface area contributed by atoms with Crippen LogP contribution in [0.4, 0.5) is 0 Å². The minimum absolute atomic E-state index is 0.0773. The van der Waals surface area contributed by atoms with E-state index in [-0.39, 0.29) is 11.7 Å². The van der Waals surface area contributed by atoms with E-state index in [1.165, 1.54) is 13.3 Å². The molecule has 6 heteroatoms. The van der Waals surface area contributed by atoms with Crippen LogP contribution in [0.2, 0.25) is 0 Å². The molecule has 5 nitrogen and oxygen atoms in total. The fourth-order valence-electron chi connectivity index (χ4n) is 2.06. The Morgan fingerprint density at radius 1 is 1.38 bits per heavy atom. The van der Waals surface area contributed by atoms with E-state index in [0.717, 1.165) is 4.47 Å². The first kappa shape index (κ1) is 17.7. The van der Waals surface area contributed by atoms with Crippen LogP contribution in [-0.2, 0) is 6.42 Å². The maximum atomic E-state index is 12.0. The largest absolute Gasteiger partial charge is 0.504 e. The van der Waals surface area contributed by atoms with Crippen molar-refractivity contribution >= 4 is 28.1 Å². The predicted octanol–water partition coefficient (Wildman–Crippen LogP) is 3.66. The number of phenolic OH excluding ortho intramolecular Hbond substituents is 1. The highest BCUT2D eigenvalue weighted by Crippen LogP contribution is 2.31. The van der Waals surface area contributed by atoms with Crippen LogP contribution in [0.15, 0.2) is 58.6 Å². The van der Waals surface area contributed by atoms with E-state index in [4.69, 9.17) is 4.74 Å². The quantitative estimate of drug-likeness (QED) is 0.450. The summed E-state index contributed by atoms with van der Waals surface area (Å²) < 4.78 is 6.04. The second-order valence-corrected chi connectivity index (χ2v) is 5.85. The summed E-state index contributed by atoms with van der Waals surface area (Å²) in [6.45, 7) is 3.66. The van der Waals surface area contributed by atoms with Gasteiger partial charge in [-0.1, -0.05) is 22.0 Å². The zero-order valence-electron chi connectivity index (χ0n) is 13.1. The zero-order valence-corrected chi connectivity index (χ0v) is 14.7. The highest BCUT2D eigenvalue weighted by atomic mass is 79.9. The topological polar surface area (TPSA) is 70.9 Å². The lowest BCUT2D eigenvalue weighted by molar-refractivity contribution is 0.0955. The fraction of sp³-hybridized carbons (Fsp3) is 0.111. The number of amides is 1. The van der Waals surface area contributed by atoms with Crippen molar-refractivity contribution in [3.8, 4) is 11.5 Å². The summed E-state index contributed by atoms with van der Waals surface area (Å²) >= 11 is 3.32. The van der Waals surface area contributed by atoms with Gasteiger partial charge < -0.3 is 9.84 Å². The van der Waals surface area contributed by atoms with E-state index in [9.17, 15) is 9.90 Å². The maximum Gasteiger partial charge on any atom is 0.271 e. The average molecular weight is 389 g/mol. The van der Waals surface area contributed by atoms with Crippen LogP contribution in [0.1, 0.15) is 21.5 Å². The van der Waals surface area contributed by atoms with E-state index in [1.54, 1.807) is 42.5 Å². The van der Waals surface area contributed by atoms with Crippen molar-refractivity contribution in [3.63, 3.8) is 0 Å². The minimum atomic E-state index is -0.309. The van der Waals surface area contributed by atoms with Gasteiger partial charge in [0, 0.05) is 15.6 Å². The third kappa shape index (κ3) is 4.45. The molecule has 0 aliphatic rings. The first-order valence-corrected chi connectivity index (χ1v) is 7.94. The summed E-state index contributed by atoms with van der Waals surface area (Å²) in [7, 11) is 1.48. The van der Waals surface area contributed by atoms with Gasteiger partial charge in [-0.2, -0.15) is 5.10 Å². The van der Waals surface area contributed by atoms with Gasteiger partial charge in [-0.05, 0) is 48.4 Å². The van der Waals surface area contributed by atoms with Crippen molar-refractivity contribution in [1.29, 1.82) is 0 Å².